The zero-order valence-corrected chi connectivity index (χ0v) is 15.0. The second kappa shape index (κ2) is 8.98. The molecule has 0 atom stereocenters. The molecule has 0 spiro atoms. The van der Waals surface area contributed by atoms with E-state index in [9.17, 15) is 23.2 Å². The van der Waals surface area contributed by atoms with Gasteiger partial charge in [0.05, 0.1) is 12.5 Å². The van der Waals surface area contributed by atoms with Crippen LogP contribution in [-0.2, 0) is 9.59 Å². The molecule has 0 saturated carbocycles. The molecule has 1 saturated heterocycles. The lowest BCUT2D eigenvalue weighted by molar-refractivity contribution is -0.145. The van der Waals surface area contributed by atoms with Crippen LogP contribution in [0.15, 0.2) is 29.2 Å². The molecule has 0 aliphatic carbocycles. The van der Waals surface area contributed by atoms with Gasteiger partial charge >= 0.3 is 5.97 Å². The Kier molecular flexibility index (Phi) is 6.96. The number of amides is 2. The second-order valence-corrected chi connectivity index (χ2v) is 7.12. The third kappa shape index (κ3) is 5.42. The van der Waals surface area contributed by atoms with Crippen LogP contribution in [0, 0.1) is 5.92 Å². The maximum absolute atomic E-state index is 12.4. The number of likely N-dealkylation sites (N-methyl/N-ethyl adjacent to an activating group) is 1. The predicted molar refractivity (Wildman–Crippen MR) is 92.2 cm³/mol. The number of likely N-dealkylation sites (tertiary alicyclic amines) is 1. The van der Waals surface area contributed by atoms with Crippen molar-refractivity contribution in [1.82, 2.24) is 9.80 Å². The Hall–Kier alpha value is -2.16. The van der Waals surface area contributed by atoms with E-state index in [1.807, 2.05) is 0 Å². The lowest BCUT2D eigenvalue weighted by Crippen LogP contribution is -2.45. The third-order valence-electron chi connectivity index (χ3n) is 4.24. The predicted octanol–water partition coefficient (Wildman–Crippen LogP) is 2.40. The molecule has 9 heteroatoms. The van der Waals surface area contributed by atoms with Crippen molar-refractivity contribution in [3.05, 3.63) is 29.8 Å². The van der Waals surface area contributed by atoms with Gasteiger partial charge in [-0.15, -0.1) is 0 Å². The van der Waals surface area contributed by atoms with Gasteiger partial charge in [-0.3, -0.25) is 14.4 Å². The zero-order chi connectivity index (χ0) is 19.3. The Bertz CT molecular complexity index is 661. The number of carboxylic acid groups (broad SMARTS) is 1. The average Bonchev–Trinajstić information content (AvgIpc) is 2.61. The number of rotatable bonds is 6. The Morgan fingerprint density at radius 1 is 1.23 bits per heavy atom. The molecule has 0 radical (unpaired) electrons. The van der Waals surface area contributed by atoms with E-state index in [-0.39, 0.29) is 18.4 Å². The summed E-state index contributed by atoms with van der Waals surface area (Å²) in [5, 5.41) is 8.98. The van der Waals surface area contributed by atoms with E-state index in [2.05, 4.69) is 0 Å². The van der Waals surface area contributed by atoms with E-state index in [0.717, 1.165) is 0 Å². The summed E-state index contributed by atoms with van der Waals surface area (Å²) in [6.45, 7) is 0.596. The van der Waals surface area contributed by atoms with Gasteiger partial charge in [0.25, 0.3) is 11.7 Å². The number of carbonyl (C=O) groups is 3. The van der Waals surface area contributed by atoms with Crippen LogP contribution in [0.3, 0.4) is 0 Å². The molecule has 0 bridgehead atoms. The molecule has 26 heavy (non-hydrogen) atoms. The standard InChI is InChI=1S/C17H20F2N2O4S/c1-20(10-14(22)21-8-6-12(7-9-21)16(24)25)15(23)11-2-4-13(5-3-11)26-17(18)19/h2-5,12,17H,6-10H2,1H3,(H,24,25). The first-order chi connectivity index (χ1) is 12.3. The van der Waals surface area contributed by atoms with Crippen molar-refractivity contribution < 1.29 is 28.3 Å². The number of nitrogens with zero attached hydrogens (tertiary/aromatic N) is 2. The van der Waals surface area contributed by atoms with Gasteiger partial charge in [0.15, 0.2) is 0 Å². The Labute approximate surface area is 154 Å². The van der Waals surface area contributed by atoms with Crippen molar-refractivity contribution in [1.29, 1.82) is 0 Å². The number of aliphatic carboxylic acids is 1. The number of hydrogen-bond donors (Lipinski definition) is 1. The van der Waals surface area contributed by atoms with Crippen molar-refractivity contribution in [3.8, 4) is 0 Å². The Morgan fingerprint density at radius 3 is 2.31 bits per heavy atom. The lowest BCUT2D eigenvalue weighted by atomic mass is 9.97. The van der Waals surface area contributed by atoms with E-state index in [4.69, 9.17) is 5.11 Å². The molecule has 1 heterocycles. The van der Waals surface area contributed by atoms with Gasteiger partial charge in [0.2, 0.25) is 5.91 Å². The molecule has 1 aliphatic heterocycles. The number of thioether (sulfide) groups is 1. The van der Waals surface area contributed by atoms with Crippen molar-refractivity contribution in [3.63, 3.8) is 0 Å². The summed E-state index contributed by atoms with van der Waals surface area (Å²) in [6.07, 6.45) is 0.810. The molecular formula is C17H20F2N2O4S. The fourth-order valence-electron chi connectivity index (χ4n) is 2.75. The van der Waals surface area contributed by atoms with Crippen LogP contribution in [0.2, 0.25) is 0 Å². The van der Waals surface area contributed by atoms with Gasteiger partial charge in [-0.2, -0.15) is 8.78 Å². The topological polar surface area (TPSA) is 77.9 Å². The minimum absolute atomic E-state index is 0.121. The molecule has 0 aromatic heterocycles. The maximum Gasteiger partial charge on any atom is 0.306 e. The summed E-state index contributed by atoms with van der Waals surface area (Å²) < 4.78 is 24.6. The van der Waals surface area contributed by atoms with E-state index in [0.29, 0.717) is 48.2 Å². The molecule has 2 amide bonds. The molecule has 1 fully saturated rings. The first-order valence-corrected chi connectivity index (χ1v) is 8.97. The third-order valence-corrected chi connectivity index (χ3v) is 4.96. The highest BCUT2D eigenvalue weighted by Gasteiger charge is 2.28. The van der Waals surface area contributed by atoms with Crippen LogP contribution >= 0.6 is 11.8 Å². The van der Waals surface area contributed by atoms with Crippen LogP contribution in [0.25, 0.3) is 0 Å². The highest BCUT2D eigenvalue weighted by atomic mass is 32.2. The van der Waals surface area contributed by atoms with Crippen molar-refractivity contribution in [2.24, 2.45) is 5.92 Å². The number of hydrogen-bond acceptors (Lipinski definition) is 4. The molecule has 1 N–H and O–H groups in total. The summed E-state index contributed by atoms with van der Waals surface area (Å²) in [4.78, 5) is 38.8. The van der Waals surface area contributed by atoms with Crippen molar-refractivity contribution in [2.75, 3.05) is 26.7 Å². The highest BCUT2D eigenvalue weighted by molar-refractivity contribution is 7.99. The highest BCUT2D eigenvalue weighted by Crippen LogP contribution is 2.25. The fraction of sp³-hybridized carbons (Fsp3) is 0.471. The number of carboxylic acids is 1. The van der Waals surface area contributed by atoms with Crippen LogP contribution in [0.1, 0.15) is 23.2 Å². The first kappa shape index (κ1) is 20.2. The smallest absolute Gasteiger partial charge is 0.306 e. The van der Waals surface area contributed by atoms with E-state index in [1.165, 1.54) is 36.2 Å². The summed E-state index contributed by atoms with van der Waals surface area (Å²) in [5.41, 5.74) is 0.309. The molecule has 1 aromatic rings. The minimum Gasteiger partial charge on any atom is -0.481 e. The van der Waals surface area contributed by atoms with Gasteiger partial charge in [0, 0.05) is 30.6 Å². The fourth-order valence-corrected chi connectivity index (χ4v) is 3.25. The van der Waals surface area contributed by atoms with E-state index in [1.54, 1.807) is 4.90 Å². The maximum atomic E-state index is 12.4. The quantitative estimate of drug-likeness (QED) is 0.760. The molecule has 6 nitrogen and oxygen atoms in total. The second-order valence-electron chi connectivity index (χ2n) is 6.06. The van der Waals surface area contributed by atoms with Gasteiger partial charge in [-0.05, 0) is 37.1 Å². The van der Waals surface area contributed by atoms with Gasteiger partial charge in [0.1, 0.15) is 0 Å². The number of carbonyl (C=O) groups excluding carboxylic acids is 2. The monoisotopic (exact) mass is 386 g/mol. The summed E-state index contributed by atoms with van der Waals surface area (Å²) in [7, 11) is 1.49. The van der Waals surface area contributed by atoms with Crippen molar-refractivity contribution >= 4 is 29.5 Å². The van der Waals surface area contributed by atoms with Crippen LogP contribution in [-0.4, -0.2) is 65.1 Å². The SMILES string of the molecule is CN(CC(=O)N1CCC(C(=O)O)CC1)C(=O)c1ccc(SC(F)F)cc1. The average molecular weight is 386 g/mol. The van der Waals surface area contributed by atoms with Gasteiger partial charge in [-0.1, -0.05) is 11.8 Å². The van der Waals surface area contributed by atoms with Crippen LogP contribution in [0.5, 0.6) is 0 Å². The van der Waals surface area contributed by atoms with Gasteiger partial charge in [-0.25, -0.2) is 0 Å². The van der Waals surface area contributed by atoms with Crippen molar-refractivity contribution in [2.45, 2.75) is 23.5 Å². The first-order valence-electron chi connectivity index (χ1n) is 8.09. The van der Waals surface area contributed by atoms with E-state index < -0.39 is 17.6 Å². The molecule has 142 valence electrons. The zero-order valence-electron chi connectivity index (χ0n) is 14.2. The number of alkyl halides is 2. The number of benzene rings is 1. The molecule has 1 aliphatic rings. The number of halogens is 2. The Morgan fingerprint density at radius 2 is 1.81 bits per heavy atom. The summed E-state index contributed by atoms with van der Waals surface area (Å²) in [5.74, 6) is -4.43. The lowest BCUT2D eigenvalue weighted by Gasteiger charge is -2.31. The van der Waals surface area contributed by atoms with Crippen LogP contribution < -0.4 is 0 Å². The summed E-state index contributed by atoms with van der Waals surface area (Å²) in [6, 6.07) is 5.78. The van der Waals surface area contributed by atoms with E-state index >= 15 is 0 Å². The molecular weight excluding hydrogens is 366 g/mol. The largest absolute Gasteiger partial charge is 0.481 e. The normalized spacial score (nSPS) is 15.2. The molecule has 0 unspecified atom stereocenters. The summed E-state index contributed by atoms with van der Waals surface area (Å²) >= 11 is 0.398. The minimum atomic E-state index is -2.53. The Balaban J connectivity index is 1.88. The molecule has 1 aromatic carbocycles. The molecule has 2 rings (SSSR count). The number of piperidine rings is 1. The van der Waals surface area contributed by atoms with Crippen LogP contribution in [0.4, 0.5) is 8.78 Å². The van der Waals surface area contributed by atoms with Gasteiger partial charge < -0.3 is 14.9 Å².